The highest BCUT2D eigenvalue weighted by molar-refractivity contribution is 5.18. The molecule has 31 atom stereocenters. The Labute approximate surface area is 360 Å². The lowest BCUT2D eigenvalue weighted by molar-refractivity contribution is -0.0975. The van der Waals surface area contributed by atoms with E-state index < -0.39 is 196 Å². The van der Waals surface area contributed by atoms with Crippen LogP contribution in [0.2, 0.25) is 0 Å². The molecule has 9 nitrogen and oxygen atoms in total. The van der Waals surface area contributed by atoms with Gasteiger partial charge in [0.15, 0.2) is 37.0 Å². The van der Waals surface area contributed by atoms with Crippen LogP contribution in [-0.2, 0) is 0 Å². The maximum atomic E-state index is 17.0. The van der Waals surface area contributed by atoms with Crippen molar-refractivity contribution in [3.8, 4) is 0 Å². The molecule has 0 aromatic heterocycles. The van der Waals surface area contributed by atoms with Crippen molar-refractivity contribution in [1.82, 2.24) is 47.7 Å². The maximum Gasteiger partial charge on any atom is 0.165 e. The van der Waals surface area contributed by atoms with E-state index in [1.54, 1.807) is 0 Å². The van der Waals surface area contributed by atoms with Crippen LogP contribution in [0.3, 0.4) is 0 Å². The lowest BCUT2D eigenvalue weighted by Gasteiger charge is -2.45. The Morgan fingerprint density at radius 1 is 0.391 bits per heavy atom. The third-order valence-corrected chi connectivity index (χ3v) is 16.4. The SMILES string of the molecule is CCCCCCCCNC1C(F)C(F)C(F)C2C3NC4NC(NC5C6C(F)C(F)C(F)C(F)C6C(NC6NC(NC(N3)C12)C1C(F)C(F)C(F)C(F)C61)N5F)C1C(F)C(F)C(F)CC41. The molecule has 5 heterocycles. The average molecular weight is 950 g/mol. The van der Waals surface area contributed by atoms with Gasteiger partial charge >= 0.3 is 0 Å². The number of nitrogens with zero attached hydrogens (tertiary/aromatic N) is 1. The molecular formula is C40H58F15N9. The van der Waals surface area contributed by atoms with Crippen molar-refractivity contribution in [3.05, 3.63) is 0 Å². The minimum absolute atomic E-state index is 0.148. The third kappa shape index (κ3) is 7.66. The van der Waals surface area contributed by atoms with Gasteiger partial charge < -0.3 is 5.32 Å². The van der Waals surface area contributed by atoms with E-state index in [0.717, 1.165) is 32.1 Å². The summed E-state index contributed by atoms with van der Waals surface area (Å²) < 4.78 is 237. The molecule has 9 rings (SSSR count). The van der Waals surface area contributed by atoms with Crippen molar-refractivity contribution in [1.29, 1.82) is 0 Å². The van der Waals surface area contributed by atoms with E-state index in [1.807, 2.05) is 6.92 Å². The fourth-order valence-electron chi connectivity index (χ4n) is 13.3. The lowest BCUT2D eigenvalue weighted by Crippen LogP contribution is -2.65. The number of hydrogen-bond acceptors (Lipinski definition) is 9. The van der Waals surface area contributed by atoms with E-state index in [0.29, 0.717) is 6.42 Å². The highest BCUT2D eigenvalue weighted by atomic mass is 19.2. The Hall–Kier alpha value is -1.41. The van der Waals surface area contributed by atoms with E-state index in [1.165, 1.54) is 0 Å². The molecule has 0 radical (unpaired) electrons. The predicted octanol–water partition coefficient (Wildman–Crippen LogP) is 4.40. The van der Waals surface area contributed by atoms with Gasteiger partial charge in [-0.15, -0.1) is 9.60 Å². The molecule has 31 unspecified atom stereocenters. The van der Waals surface area contributed by atoms with Gasteiger partial charge in [0.05, 0.1) is 49.3 Å². The zero-order valence-electron chi connectivity index (χ0n) is 34.7. The second-order valence-electron chi connectivity index (χ2n) is 19.7. The molecule has 0 amide bonds. The molecule has 4 saturated carbocycles. The van der Waals surface area contributed by atoms with E-state index in [2.05, 4.69) is 42.5 Å². The minimum atomic E-state index is -3.15. The normalized spacial score (nSPS) is 58.4. The first kappa shape index (κ1) is 47.6. The molecule has 9 aliphatic rings. The van der Waals surface area contributed by atoms with Gasteiger partial charge in [-0.1, -0.05) is 39.0 Å². The van der Waals surface area contributed by atoms with Gasteiger partial charge in [-0.3, -0.25) is 37.2 Å². The van der Waals surface area contributed by atoms with Crippen LogP contribution in [-0.4, -0.2) is 153 Å². The van der Waals surface area contributed by atoms with Crippen LogP contribution >= 0.6 is 0 Å². The number of alkyl halides is 14. The van der Waals surface area contributed by atoms with Crippen LogP contribution in [0.25, 0.3) is 0 Å². The Balaban J connectivity index is 1.12. The van der Waals surface area contributed by atoms with Crippen LogP contribution in [0.1, 0.15) is 51.9 Å². The Morgan fingerprint density at radius 3 is 1.28 bits per heavy atom. The summed E-state index contributed by atoms with van der Waals surface area (Å²) >= 11 is 0. The smallest absolute Gasteiger partial charge is 0.165 e. The molecule has 4 aliphatic carbocycles. The largest absolute Gasteiger partial charge is 0.311 e. The molecule has 8 N–H and O–H groups in total. The molecule has 0 aromatic carbocycles. The zero-order chi connectivity index (χ0) is 45.8. The summed E-state index contributed by atoms with van der Waals surface area (Å²) in [5.74, 6) is -13.9. The average Bonchev–Trinajstić information content (AvgIpc) is 3.99. The van der Waals surface area contributed by atoms with Gasteiger partial charge in [-0.2, -0.15) is 0 Å². The van der Waals surface area contributed by atoms with Crippen LogP contribution in [0.15, 0.2) is 0 Å². The van der Waals surface area contributed by atoms with Gasteiger partial charge in [0, 0.05) is 47.5 Å². The highest BCUT2D eigenvalue weighted by Crippen LogP contribution is 2.52. The third-order valence-electron chi connectivity index (χ3n) is 16.4. The summed E-state index contributed by atoms with van der Waals surface area (Å²) in [7, 11) is 0. The number of rotatable bonds is 8. The number of unbranched alkanes of at least 4 members (excludes halogenated alkanes) is 5. The van der Waals surface area contributed by atoms with E-state index in [-0.39, 0.29) is 11.7 Å². The van der Waals surface area contributed by atoms with Crippen molar-refractivity contribution >= 4 is 0 Å². The standard InChI is InChI=1S/C40H58F15N9/c1-2-3-4-5-6-7-8-56-32-18-15(23(46)30(53)31(32)54)36-58-33-10-9-11(41)19(42)20(43)12(10)34(57-33)62-39-16-17(25(48)29(52)28(51)24(16)47)40(64(39)55)63-37-14-13(35(59-37)60-38(18)61-36)21(44)26(49)27(50)22(14)45/h10-40,56-63H,2-9H2,1H3. The summed E-state index contributed by atoms with van der Waals surface area (Å²) in [5.41, 5.74) is 0. The topological polar surface area (TPSA) is 99.5 Å². The summed E-state index contributed by atoms with van der Waals surface area (Å²) in [6.45, 7) is 2.19. The number of nitrogens with one attached hydrogen (secondary N) is 8. The second-order valence-corrected chi connectivity index (χ2v) is 19.7. The van der Waals surface area contributed by atoms with E-state index in [4.69, 9.17) is 0 Å². The minimum Gasteiger partial charge on any atom is -0.311 e. The molecule has 5 saturated heterocycles. The summed E-state index contributed by atoms with van der Waals surface area (Å²) in [6.07, 6.45) is -49.0. The quantitative estimate of drug-likeness (QED) is 0.102. The number of hydrogen-bond donors (Lipinski definition) is 8. The molecule has 8 bridgehead atoms. The maximum absolute atomic E-state index is 17.0. The number of fused-ring (bicyclic) bond motifs is 20. The molecule has 9 fully saturated rings. The first-order valence-corrected chi connectivity index (χ1v) is 22.9. The van der Waals surface area contributed by atoms with Gasteiger partial charge in [0.2, 0.25) is 0 Å². The van der Waals surface area contributed by atoms with Crippen molar-refractivity contribution in [3.63, 3.8) is 0 Å². The highest BCUT2D eigenvalue weighted by Gasteiger charge is 2.69. The Morgan fingerprint density at radius 2 is 0.766 bits per heavy atom. The summed E-state index contributed by atoms with van der Waals surface area (Å²) in [6, 6.07) is -1.47. The molecule has 0 aromatic rings. The molecule has 5 aliphatic heterocycles. The van der Waals surface area contributed by atoms with Crippen molar-refractivity contribution in [2.45, 2.75) is 194 Å². The second kappa shape index (κ2) is 18.5. The van der Waals surface area contributed by atoms with Crippen molar-refractivity contribution in [2.24, 2.45) is 47.3 Å². The van der Waals surface area contributed by atoms with Crippen molar-refractivity contribution in [2.75, 3.05) is 6.54 Å². The van der Waals surface area contributed by atoms with Crippen LogP contribution < -0.4 is 42.5 Å². The van der Waals surface area contributed by atoms with Crippen LogP contribution in [0.5, 0.6) is 0 Å². The van der Waals surface area contributed by atoms with Crippen molar-refractivity contribution < 1.29 is 65.9 Å². The zero-order valence-corrected chi connectivity index (χ0v) is 34.7. The lowest BCUT2D eigenvalue weighted by atomic mass is 9.71. The molecule has 64 heavy (non-hydrogen) atoms. The Kier molecular flexibility index (Phi) is 13.8. The fourth-order valence-corrected chi connectivity index (χ4v) is 13.3. The van der Waals surface area contributed by atoms with Crippen LogP contribution in [0.4, 0.5) is 65.9 Å². The fraction of sp³-hybridized carbons (Fsp3) is 1.00. The van der Waals surface area contributed by atoms with Gasteiger partial charge in [0.25, 0.3) is 0 Å². The van der Waals surface area contributed by atoms with Gasteiger partial charge in [-0.25, -0.2) is 61.5 Å². The summed E-state index contributed by atoms with van der Waals surface area (Å²) in [4.78, 5) is 0. The predicted molar refractivity (Wildman–Crippen MR) is 201 cm³/mol. The molecule has 368 valence electrons. The first-order chi connectivity index (χ1) is 30.5. The Bertz CT molecular complexity index is 1610. The van der Waals surface area contributed by atoms with E-state index >= 15 is 65.9 Å². The number of halogens is 15. The van der Waals surface area contributed by atoms with E-state index in [9.17, 15) is 0 Å². The van der Waals surface area contributed by atoms with Gasteiger partial charge in [0.1, 0.15) is 49.4 Å². The van der Waals surface area contributed by atoms with Gasteiger partial charge in [-0.05, 0) is 25.3 Å². The molecule has 24 heteroatoms. The monoisotopic (exact) mass is 949 g/mol. The molecule has 0 spiro atoms. The van der Waals surface area contributed by atoms with Crippen LogP contribution in [0, 0.1) is 47.3 Å². The summed E-state index contributed by atoms with van der Waals surface area (Å²) in [5, 5.41) is 22.3. The molecular weight excluding hydrogens is 891 g/mol. The first-order valence-electron chi connectivity index (χ1n) is 22.9.